The van der Waals surface area contributed by atoms with Crippen LogP contribution in [0.1, 0.15) is 22.4 Å². The number of rotatable bonds is 3. The lowest BCUT2D eigenvalue weighted by Crippen LogP contribution is -2.40. The lowest BCUT2D eigenvalue weighted by atomic mass is 10.0. The third kappa shape index (κ3) is 3.31. The van der Waals surface area contributed by atoms with E-state index in [0.29, 0.717) is 31.1 Å². The zero-order valence-corrected chi connectivity index (χ0v) is 15.4. The Bertz CT molecular complexity index is 819. The highest BCUT2D eigenvalue weighted by Gasteiger charge is 2.37. The van der Waals surface area contributed by atoms with Crippen LogP contribution < -0.4 is 0 Å². The van der Waals surface area contributed by atoms with Gasteiger partial charge in [-0.1, -0.05) is 29.8 Å². The van der Waals surface area contributed by atoms with Crippen LogP contribution in [0.15, 0.2) is 35.7 Å². The number of hydrogen-bond donors (Lipinski definition) is 0. The minimum absolute atomic E-state index is 0.0338. The van der Waals surface area contributed by atoms with Gasteiger partial charge in [0.2, 0.25) is 11.8 Å². The largest absolute Gasteiger partial charge is 0.338 e. The molecule has 2 aliphatic rings. The van der Waals surface area contributed by atoms with Crippen molar-refractivity contribution in [2.24, 2.45) is 5.92 Å². The van der Waals surface area contributed by atoms with E-state index in [9.17, 15) is 9.59 Å². The minimum Gasteiger partial charge on any atom is -0.338 e. The number of carbonyl (C=O) groups is 2. The van der Waals surface area contributed by atoms with Crippen LogP contribution in [0, 0.1) is 5.92 Å². The molecule has 1 fully saturated rings. The molecule has 25 heavy (non-hydrogen) atoms. The number of likely N-dealkylation sites (tertiary alicyclic amines) is 1. The number of carbonyl (C=O) groups excluding carboxylic acids is 2. The summed E-state index contributed by atoms with van der Waals surface area (Å²) in [5, 5.41) is 2.74. The highest BCUT2D eigenvalue weighted by Crippen LogP contribution is 2.28. The van der Waals surface area contributed by atoms with E-state index in [1.807, 2.05) is 29.2 Å². The van der Waals surface area contributed by atoms with Crippen molar-refractivity contribution in [3.05, 3.63) is 56.7 Å². The second kappa shape index (κ2) is 6.81. The summed E-state index contributed by atoms with van der Waals surface area (Å²) in [5.41, 5.74) is 2.17. The van der Waals surface area contributed by atoms with Crippen LogP contribution in [-0.4, -0.2) is 34.7 Å². The summed E-state index contributed by atoms with van der Waals surface area (Å²) < 4.78 is 0. The highest BCUT2D eigenvalue weighted by molar-refractivity contribution is 7.10. The fraction of sp³-hybridized carbons (Fsp3) is 0.368. The number of hydrogen-bond acceptors (Lipinski definition) is 3. The number of halogens is 1. The van der Waals surface area contributed by atoms with Crippen molar-refractivity contribution in [2.45, 2.75) is 25.9 Å². The van der Waals surface area contributed by atoms with E-state index in [4.69, 9.17) is 11.6 Å². The van der Waals surface area contributed by atoms with Gasteiger partial charge in [-0.15, -0.1) is 11.3 Å². The molecule has 2 amide bonds. The SMILES string of the molecule is O=C1CC(C(=O)N2CCc3sccc3C2)CN1Cc1ccccc1Cl. The van der Waals surface area contributed by atoms with Gasteiger partial charge < -0.3 is 9.80 Å². The lowest BCUT2D eigenvalue weighted by Gasteiger charge is -2.29. The molecule has 4 rings (SSSR count). The maximum atomic E-state index is 12.9. The molecule has 1 unspecified atom stereocenters. The van der Waals surface area contributed by atoms with Crippen molar-refractivity contribution in [2.75, 3.05) is 13.1 Å². The van der Waals surface area contributed by atoms with Gasteiger partial charge in [0.1, 0.15) is 0 Å². The van der Waals surface area contributed by atoms with E-state index in [2.05, 4.69) is 11.4 Å². The van der Waals surface area contributed by atoms with Crippen LogP contribution >= 0.6 is 22.9 Å². The van der Waals surface area contributed by atoms with Gasteiger partial charge in [-0.05, 0) is 35.1 Å². The Hall–Kier alpha value is -1.85. The van der Waals surface area contributed by atoms with Gasteiger partial charge in [-0.25, -0.2) is 0 Å². The van der Waals surface area contributed by atoms with Crippen LogP contribution in [0.3, 0.4) is 0 Å². The average molecular weight is 375 g/mol. The van der Waals surface area contributed by atoms with Gasteiger partial charge in [-0.3, -0.25) is 9.59 Å². The van der Waals surface area contributed by atoms with Crippen LogP contribution in [0.4, 0.5) is 0 Å². The van der Waals surface area contributed by atoms with Gasteiger partial charge in [-0.2, -0.15) is 0 Å². The van der Waals surface area contributed by atoms with E-state index in [-0.39, 0.29) is 17.7 Å². The Kier molecular flexibility index (Phi) is 4.52. The average Bonchev–Trinajstić information content (AvgIpc) is 3.22. The van der Waals surface area contributed by atoms with Crippen LogP contribution in [-0.2, 0) is 29.1 Å². The number of nitrogens with zero attached hydrogens (tertiary/aromatic N) is 2. The van der Waals surface area contributed by atoms with Gasteiger partial charge in [0, 0.05) is 42.5 Å². The standard InChI is InChI=1S/C19H19ClN2O2S/c20-16-4-2-1-3-13(16)10-22-12-15(9-18(22)23)19(24)21-7-5-17-14(11-21)6-8-25-17/h1-4,6,8,15H,5,7,9-12H2. The van der Waals surface area contributed by atoms with Crippen LogP contribution in [0.2, 0.25) is 5.02 Å². The smallest absolute Gasteiger partial charge is 0.228 e. The summed E-state index contributed by atoms with van der Waals surface area (Å²) in [7, 11) is 0. The summed E-state index contributed by atoms with van der Waals surface area (Å²) in [6, 6.07) is 9.64. The fourth-order valence-corrected chi connectivity index (χ4v) is 4.70. The Labute approximate surface area is 156 Å². The summed E-state index contributed by atoms with van der Waals surface area (Å²) in [6.45, 7) is 2.38. The monoisotopic (exact) mass is 374 g/mol. The van der Waals surface area contributed by atoms with Gasteiger partial charge in [0.15, 0.2) is 0 Å². The molecule has 1 atom stereocenters. The fourth-order valence-electron chi connectivity index (χ4n) is 3.62. The summed E-state index contributed by atoms with van der Waals surface area (Å²) in [4.78, 5) is 30.3. The van der Waals surface area contributed by atoms with E-state index in [1.165, 1.54) is 10.4 Å². The molecule has 0 N–H and O–H groups in total. The summed E-state index contributed by atoms with van der Waals surface area (Å²) in [5.74, 6) is -0.103. The zero-order valence-electron chi connectivity index (χ0n) is 13.8. The van der Waals surface area contributed by atoms with Crippen molar-refractivity contribution >= 4 is 34.8 Å². The molecule has 130 valence electrons. The van der Waals surface area contributed by atoms with E-state index in [0.717, 1.165) is 18.5 Å². The van der Waals surface area contributed by atoms with Gasteiger partial charge >= 0.3 is 0 Å². The zero-order chi connectivity index (χ0) is 17.4. The number of amides is 2. The maximum Gasteiger partial charge on any atom is 0.228 e. The Balaban J connectivity index is 1.42. The molecule has 1 saturated heterocycles. The van der Waals surface area contributed by atoms with Crippen molar-refractivity contribution in [3.8, 4) is 0 Å². The van der Waals surface area contributed by atoms with Gasteiger partial charge in [0.25, 0.3) is 0 Å². The maximum absolute atomic E-state index is 12.9. The van der Waals surface area contributed by atoms with Crippen molar-refractivity contribution in [1.82, 2.24) is 9.80 Å². The first-order valence-corrected chi connectivity index (χ1v) is 9.73. The minimum atomic E-state index is -0.241. The molecule has 0 bridgehead atoms. The summed E-state index contributed by atoms with van der Waals surface area (Å²) in [6.07, 6.45) is 1.22. The topological polar surface area (TPSA) is 40.6 Å². The third-order valence-electron chi connectivity index (χ3n) is 5.00. The first kappa shape index (κ1) is 16.6. The summed E-state index contributed by atoms with van der Waals surface area (Å²) >= 11 is 7.96. The van der Waals surface area contributed by atoms with Gasteiger partial charge in [0.05, 0.1) is 5.92 Å². The molecular formula is C19H19ClN2O2S. The third-order valence-corrected chi connectivity index (χ3v) is 6.39. The quantitative estimate of drug-likeness (QED) is 0.826. The van der Waals surface area contributed by atoms with Crippen molar-refractivity contribution in [3.63, 3.8) is 0 Å². The van der Waals surface area contributed by atoms with E-state index in [1.54, 1.807) is 16.2 Å². The molecule has 1 aromatic carbocycles. The Morgan fingerprint density at radius 2 is 2.12 bits per heavy atom. The first-order chi connectivity index (χ1) is 12.1. The van der Waals surface area contributed by atoms with Crippen LogP contribution in [0.25, 0.3) is 0 Å². The number of benzene rings is 1. The number of fused-ring (bicyclic) bond motifs is 1. The molecule has 2 aliphatic heterocycles. The second-order valence-corrected chi connectivity index (χ2v) is 8.05. The van der Waals surface area contributed by atoms with Crippen LogP contribution in [0.5, 0.6) is 0 Å². The predicted octanol–water partition coefficient (Wildman–Crippen LogP) is 3.33. The Morgan fingerprint density at radius 1 is 1.28 bits per heavy atom. The molecule has 2 aromatic rings. The van der Waals surface area contributed by atoms with E-state index >= 15 is 0 Å². The molecular weight excluding hydrogens is 356 g/mol. The Morgan fingerprint density at radius 3 is 2.96 bits per heavy atom. The second-order valence-electron chi connectivity index (χ2n) is 6.65. The molecule has 0 radical (unpaired) electrons. The lowest BCUT2D eigenvalue weighted by molar-refractivity contribution is -0.136. The molecule has 0 spiro atoms. The predicted molar refractivity (Wildman–Crippen MR) is 98.4 cm³/mol. The normalized spacial score (nSPS) is 20.0. The molecule has 0 aliphatic carbocycles. The molecule has 0 saturated carbocycles. The molecule has 3 heterocycles. The van der Waals surface area contributed by atoms with Crippen molar-refractivity contribution in [1.29, 1.82) is 0 Å². The molecule has 4 nitrogen and oxygen atoms in total. The highest BCUT2D eigenvalue weighted by atomic mass is 35.5. The van der Waals surface area contributed by atoms with Crippen molar-refractivity contribution < 1.29 is 9.59 Å². The first-order valence-electron chi connectivity index (χ1n) is 8.47. The molecule has 6 heteroatoms. The van der Waals surface area contributed by atoms with E-state index < -0.39 is 0 Å². The number of thiophene rings is 1. The molecule has 1 aromatic heterocycles.